The third-order valence-corrected chi connectivity index (χ3v) is 4.45. The van der Waals surface area contributed by atoms with Gasteiger partial charge in [0, 0.05) is 11.3 Å². The van der Waals surface area contributed by atoms with E-state index in [9.17, 15) is 9.59 Å². The minimum atomic E-state index is -0.245. The highest BCUT2D eigenvalue weighted by atomic mass is 16.5. The average molecular weight is 401 g/mol. The molecule has 3 aromatic carbocycles. The van der Waals surface area contributed by atoms with Crippen molar-refractivity contribution >= 4 is 23.5 Å². The summed E-state index contributed by atoms with van der Waals surface area (Å²) < 4.78 is 10.7. The molecule has 5 nitrogen and oxygen atoms in total. The molecular weight excluding hydrogens is 378 g/mol. The molecule has 1 N–H and O–H groups in total. The minimum absolute atomic E-state index is 0.114. The number of hydrogen-bond acceptors (Lipinski definition) is 4. The molecule has 3 aromatic rings. The molecule has 30 heavy (non-hydrogen) atoms. The van der Waals surface area contributed by atoms with Crippen LogP contribution in [-0.2, 0) is 4.79 Å². The van der Waals surface area contributed by atoms with Gasteiger partial charge in [-0.2, -0.15) is 0 Å². The van der Waals surface area contributed by atoms with Crippen LogP contribution in [0.15, 0.2) is 78.9 Å². The molecule has 0 atom stereocenters. The first-order chi connectivity index (χ1) is 14.5. The van der Waals surface area contributed by atoms with E-state index in [4.69, 9.17) is 9.47 Å². The van der Waals surface area contributed by atoms with E-state index in [1.807, 2.05) is 55.5 Å². The number of carbonyl (C=O) groups excluding carboxylic acids is 2. The lowest BCUT2D eigenvalue weighted by molar-refractivity contribution is -0.118. The highest BCUT2D eigenvalue weighted by Gasteiger charge is 2.07. The first-order valence-electron chi connectivity index (χ1n) is 9.50. The number of rotatable bonds is 8. The van der Waals surface area contributed by atoms with Crippen LogP contribution in [0.25, 0.3) is 6.08 Å². The fourth-order valence-corrected chi connectivity index (χ4v) is 2.78. The highest BCUT2D eigenvalue weighted by Crippen LogP contribution is 2.17. The molecular formula is C25H23NO4. The summed E-state index contributed by atoms with van der Waals surface area (Å²) in [6.07, 6.45) is 3.26. The summed E-state index contributed by atoms with van der Waals surface area (Å²) in [7, 11) is 1.60. The van der Waals surface area contributed by atoms with Crippen LogP contribution in [0.3, 0.4) is 0 Å². The zero-order chi connectivity index (χ0) is 21.3. The largest absolute Gasteiger partial charge is 0.497 e. The first kappa shape index (κ1) is 20.9. The van der Waals surface area contributed by atoms with Crippen LogP contribution < -0.4 is 14.8 Å². The van der Waals surface area contributed by atoms with E-state index in [-0.39, 0.29) is 18.3 Å². The van der Waals surface area contributed by atoms with Crippen LogP contribution >= 0.6 is 0 Å². The summed E-state index contributed by atoms with van der Waals surface area (Å²) in [4.78, 5) is 24.4. The molecule has 0 radical (unpaired) electrons. The second kappa shape index (κ2) is 10.1. The number of hydrogen-bond donors (Lipinski definition) is 1. The van der Waals surface area contributed by atoms with E-state index in [0.717, 1.165) is 22.6 Å². The van der Waals surface area contributed by atoms with Crippen molar-refractivity contribution in [3.63, 3.8) is 0 Å². The predicted octanol–water partition coefficient (Wildman–Crippen LogP) is 4.92. The first-order valence-corrected chi connectivity index (χ1v) is 9.50. The Morgan fingerprint density at radius 1 is 0.933 bits per heavy atom. The van der Waals surface area contributed by atoms with Gasteiger partial charge in [-0.15, -0.1) is 0 Å². The number of methoxy groups -OCH3 is 1. The number of ketones is 1. The van der Waals surface area contributed by atoms with Crippen LogP contribution in [0.2, 0.25) is 0 Å². The van der Waals surface area contributed by atoms with Gasteiger partial charge in [0.1, 0.15) is 11.5 Å². The molecule has 5 heteroatoms. The lowest BCUT2D eigenvalue weighted by atomic mass is 10.1. The van der Waals surface area contributed by atoms with E-state index in [1.165, 1.54) is 6.08 Å². The molecule has 0 saturated carbocycles. The van der Waals surface area contributed by atoms with Crippen molar-refractivity contribution < 1.29 is 19.1 Å². The molecule has 0 heterocycles. The number of anilines is 1. The number of nitrogens with one attached hydrogen (secondary N) is 1. The molecule has 0 bridgehead atoms. The van der Waals surface area contributed by atoms with Crippen molar-refractivity contribution in [3.05, 3.63) is 95.6 Å². The van der Waals surface area contributed by atoms with E-state index in [2.05, 4.69) is 5.32 Å². The zero-order valence-electron chi connectivity index (χ0n) is 16.9. The van der Waals surface area contributed by atoms with Crippen molar-refractivity contribution in [1.29, 1.82) is 0 Å². The molecule has 0 aliphatic heterocycles. The summed E-state index contributed by atoms with van der Waals surface area (Å²) in [6, 6.07) is 21.7. The summed E-state index contributed by atoms with van der Waals surface area (Å²) in [6.45, 7) is 1.81. The number of benzene rings is 3. The fraction of sp³-hybridized carbons (Fsp3) is 0.120. The van der Waals surface area contributed by atoms with E-state index in [0.29, 0.717) is 11.3 Å². The number of carbonyl (C=O) groups is 2. The lowest BCUT2D eigenvalue weighted by Gasteiger charge is -2.09. The van der Waals surface area contributed by atoms with Crippen molar-refractivity contribution in [2.45, 2.75) is 6.92 Å². The second-order valence-corrected chi connectivity index (χ2v) is 6.65. The van der Waals surface area contributed by atoms with Gasteiger partial charge in [0.05, 0.1) is 7.11 Å². The standard InChI is InChI=1S/C25H23NO4/c1-18-6-3-4-9-23(18)26-25(28)17-30-21-13-11-20(12-14-21)24(27)15-10-19-7-5-8-22(16-19)29-2/h3-16H,17H2,1-2H3,(H,26,28)/b15-10+. The van der Waals surface area contributed by atoms with Gasteiger partial charge < -0.3 is 14.8 Å². The van der Waals surface area contributed by atoms with Gasteiger partial charge in [0.2, 0.25) is 0 Å². The third kappa shape index (κ3) is 5.82. The number of ether oxygens (including phenoxy) is 2. The SMILES string of the molecule is COc1cccc(/C=C/C(=O)c2ccc(OCC(=O)Nc3ccccc3C)cc2)c1. The number of para-hydroxylation sites is 1. The summed E-state index contributed by atoms with van der Waals surface area (Å²) >= 11 is 0. The molecule has 0 unspecified atom stereocenters. The smallest absolute Gasteiger partial charge is 0.262 e. The zero-order valence-corrected chi connectivity index (χ0v) is 16.9. The van der Waals surface area contributed by atoms with Crippen molar-refractivity contribution in [2.75, 3.05) is 19.0 Å². The van der Waals surface area contributed by atoms with Crippen LogP contribution in [-0.4, -0.2) is 25.4 Å². The Balaban J connectivity index is 1.54. The van der Waals surface area contributed by atoms with Gasteiger partial charge >= 0.3 is 0 Å². The maximum absolute atomic E-state index is 12.4. The van der Waals surface area contributed by atoms with E-state index < -0.39 is 0 Å². The Kier molecular flexibility index (Phi) is 7.00. The molecule has 0 aliphatic carbocycles. The number of allylic oxidation sites excluding steroid dienone is 1. The summed E-state index contributed by atoms with van der Waals surface area (Å²) in [5, 5.41) is 2.81. The normalized spacial score (nSPS) is 10.6. The molecule has 0 fully saturated rings. The Labute approximate surface area is 176 Å². The van der Waals surface area contributed by atoms with Gasteiger partial charge in [-0.1, -0.05) is 36.4 Å². The molecule has 0 aliphatic rings. The molecule has 0 spiro atoms. The maximum Gasteiger partial charge on any atom is 0.262 e. The van der Waals surface area contributed by atoms with Crippen molar-refractivity contribution in [3.8, 4) is 11.5 Å². The Bertz CT molecular complexity index is 1050. The maximum atomic E-state index is 12.4. The lowest BCUT2D eigenvalue weighted by Crippen LogP contribution is -2.20. The summed E-state index contributed by atoms with van der Waals surface area (Å²) in [5.74, 6) is 0.883. The number of amides is 1. The van der Waals surface area contributed by atoms with Crippen LogP contribution in [0.4, 0.5) is 5.69 Å². The van der Waals surface area contributed by atoms with Gasteiger partial charge in [-0.25, -0.2) is 0 Å². The fourth-order valence-electron chi connectivity index (χ4n) is 2.78. The van der Waals surface area contributed by atoms with Gasteiger partial charge in [0.25, 0.3) is 5.91 Å². The second-order valence-electron chi connectivity index (χ2n) is 6.65. The van der Waals surface area contributed by atoms with Gasteiger partial charge in [-0.05, 0) is 66.6 Å². The molecule has 1 amide bonds. The van der Waals surface area contributed by atoms with Crippen LogP contribution in [0.5, 0.6) is 11.5 Å². The monoisotopic (exact) mass is 401 g/mol. The molecule has 0 aromatic heterocycles. The minimum Gasteiger partial charge on any atom is -0.497 e. The van der Waals surface area contributed by atoms with E-state index in [1.54, 1.807) is 37.5 Å². The molecule has 152 valence electrons. The van der Waals surface area contributed by atoms with Crippen LogP contribution in [0.1, 0.15) is 21.5 Å². The highest BCUT2D eigenvalue weighted by molar-refractivity contribution is 6.06. The van der Waals surface area contributed by atoms with Crippen LogP contribution in [0, 0.1) is 6.92 Å². The Morgan fingerprint density at radius 3 is 2.43 bits per heavy atom. The quantitative estimate of drug-likeness (QED) is 0.430. The average Bonchev–Trinajstić information content (AvgIpc) is 2.78. The van der Waals surface area contributed by atoms with Gasteiger partial charge in [0.15, 0.2) is 12.4 Å². The topological polar surface area (TPSA) is 64.6 Å². The summed E-state index contributed by atoms with van der Waals surface area (Å²) in [5.41, 5.74) is 3.15. The predicted molar refractivity (Wildman–Crippen MR) is 118 cm³/mol. The molecule has 3 rings (SSSR count). The Hall–Kier alpha value is -3.86. The van der Waals surface area contributed by atoms with Crippen molar-refractivity contribution in [2.24, 2.45) is 0 Å². The number of aryl methyl sites for hydroxylation is 1. The van der Waals surface area contributed by atoms with Gasteiger partial charge in [-0.3, -0.25) is 9.59 Å². The Morgan fingerprint density at radius 2 is 1.70 bits per heavy atom. The molecule has 0 saturated heterocycles. The van der Waals surface area contributed by atoms with E-state index >= 15 is 0 Å². The van der Waals surface area contributed by atoms with Crippen molar-refractivity contribution in [1.82, 2.24) is 0 Å². The third-order valence-electron chi connectivity index (χ3n) is 4.45.